The Balaban J connectivity index is 2.00. The summed E-state index contributed by atoms with van der Waals surface area (Å²) in [6, 6.07) is 13.9. The highest BCUT2D eigenvalue weighted by molar-refractivity contribution is 5.88. The highest BCUT2D eigenvalue weighted by atomic mass is 16.2. The summed E-state index contributed by atoms with van der Waals surface area (Å²) < 4.78 is 0. The first-order valence-corrected chi connectivity index (χ1v) is 8.72. The van der Waals surface area contributed by atoms with Crippen LogP contribution in [-0.4, -0.2) is 17.7 Å². The maximum Gasteiger partial charge on any atom is 0.223 e. The van der Waals surface area contributed by atoms with Crippen LogP contribution in [0.5, 0.6) is 0 Å². The van der Waals surface area contributed by atoms with Crippen LogP contribution in [0, 0.1) is 11.8 Å². The van der Waals surface area contributed by atoms with Crippen LogP contribution in [0.25, 0.3) is 10.8 Å². The molecule has 0 spiro atoms. The van der Waals surface area contributed by atoms with Gasteiger partial charge in [0.1, 0.15) is 0 Å². The first-order valence-electron chi connectivity index (χ1n) is 8.72. The summed E-state index contributed by atoms with van der Waals surface area (Å²) in [6.45, 7) is 2.05. The lowest BCUT2D eigenvalue weighted by Gasteiger charge is -2.20. The SMILES string of the molecule is C[C@H](C(=O)NCc1cccc2ccccc12)C(CCCC(N)=O)C(N)=O. The van der Waals surface area contributed by atoms with Crippen LogP contribution < -0.4 is 16.8 Å². The highest BCUT2D eigenvalue weighted by Gasteiger charge is 2.28. The third kappa shape index (κ3) is 5.05. The number of nitrogens with two attached hydrogens (primary N) is 2. The molecule has 6 heteroatoms. The van der Waals surface area contributed by atoms with E-state index in [2.05, 4.69) is 5.32 Å². The molecule has 0 aliphatic heterocycles. The Hall–Kier alpha value is -2.89. The predicted molar refractivity (Wildman–Crippen MR) is 101 cm³/mol. The van der Waals surface area contributed by atoms with Gasteiger partial charge in [0.25, 0.3) is 0 Å². The lowest BCUT2D eigenvalue weighted by atomic mass is 9.87. The standard InChI is InChI=1S/C20H25N3O3/c1-13(16(19(22)25)10-5-11-18(21)24)20(26)23-12-15-8-4-7-14-6-2-3-9-17(14)15/h2-4,6-9,13,16H,5,10-12H2,1H3,(H2,21,24)(H2,22,25)(H,23,26)/t13-,16?/m0/s1. The Kier molecular flexibility index (Phi) is 6.72. The van der Waals surface area contributed by atoms with E-state index < -0.39 is 23.7 Å². The van der Waals surface area contributed by atoms with E-state index in [1.54, 1.807) is 6.92 Å². The number of benzene rings is 2. The van der Waals surface area contributed by atoms with Crippen LogP contribution in [0.1, 0.15) is 31.7 Å². The summed E-state index contributed by atoms with van der Waals surface area (Å²) in [5.41, 5.74) is 11.6. The van der Waals surface area contributed by atoms with Gasteiger partial charge >= 0.3 is 0 Å². The van der Waals surface area contributed by atoms with Crippen LogP contribution in [0.4, 0.5) is 0 Å². The molecule has 0 fully saturated rings. The molecule has 2 aromatic rings. The zero-order chi connectivity index (χ0) is 19.1. The molecule has 26 heavy (non-hydrogen) atoms. The third-order valence-corrected chi connectivity index (χ3v) is 4.65. The van der Waals surface area contributed by atoms with Gasteiger partial charge in [0.05, 0.1) is 0 Å². The van der Waals surface area contributed by atoms with Gasteiger partial charge < -0.3 is 16.8 Å². The Morgan fingerprint density at radius 2 is 1.73 bits per heavy atom. The number of fused-ring (bicyclic) bond motifs is 1. The van der Waals surface area contributed by atoms with Crippen LogP contribution in [0.2, 0.25) is 0 Å². The fraction of sp³-hybridized carbons (Fsp3) is 0.350. The average Bonchev–Trinajstić information content (AvgIpc) is 2.62. The quantitative estimate of drug-likeness (QED) is 0.637. The van der Waals surface area contributed by atoms with Crippen molar-refractivity contribution in [1.82, 2.24) is 5.32 Å². The molecular formula is C20H25N3O3. The molecule has 0 bridgehead atoms. The molecule has 0 saturated carbocycles. The lowest BCUT2D eigenvalue weighted by Crippen LogP contribution is -2.38. The highest BCUT2D eigenvalue weighted by Crippen LogP contribution is 2.21. The Bertz CT molecular complexity index is 798. The molecule has 6 nitrogen and oxygen atoms in total. The number of carbonyl (C=O) groups is 3. The van der Waals surface area contributed by atoms with Crippen molar-refractivity contribution in [3.8, 4) is 0 Å². The van der Waals surface area contributed by atoms with Crippen molar-refractivity contribution in [2.24, 2.45) is 23.3 Å². The summed E-state index contributed by atoms with van der Waals surface area (Å²) in [5.74, 6) is -2.40. The minimum atomic E-state index is -0.623. The van der Waals surface area contributed by atoms with Crippen molar-refractivity contribution in [1.29, 1.82) is 0 Å². The summed E-state index contributed by atoms with van der Waals surface area (Å²) >= 11 is 0. The number of nitrogens with one attached hydrogen (secondary N) is 1. The smallest absolute Gasteiger partial charge is 0.223 e. The number of carbonyl (C=O) groups excluding carboxylic acids is 3. The first-order chi connectivity index (χ1) is 12.4. The fourth-order valence-corrected chi connectivity index (χ4v) is 3.11. The Morgan fingerprint density at radius 1 is 1.04 bits per heavy atom. The molecule has 3 amide bonds. The second kappa shape index (κ2) is 8.99. The predicted octanol–water partition coefficient (Wildman–Crippen LogP) is 1.85. The van der Waals surface area contributed by atoms with E-state index in [4.69, 9.17) is 11.5 Å². The molecule has 0 aliphatic carbocycles. The van der Waals surface area contributed by atoms with Crippen molar-refractivity contribution < 1.29 is 14.4 Å². The first kappa shape index (κ1) is 19.4. The monoisotopic (exact) mass is 355 g/mol. The lowest BCUT2D eigenvalue weighted by molar-refractivity contribution is -0.133. The molecule has 5 N–H and O–H groups in total. The average molecular weight is 355 g/mol. The van der Waals surface area contributed by atoms with E-state index in [1.165, 1.54) is 0 Å². The largest absolute Gasteiger partial charge is 0.370 e. The maximum atomic E-state index is 12.5. The number of rotatable bonds is 9. The van der Waals surface area contributed by atoms with E-state index in [0.29, 0.717) is 19.4 Å². The fourth-order valence-electron chi connectivity index (χ4n) is 3.11. The summed E-state index contributed by atoms with van der Waals surface area (Å²) in [7, 11) is 0. The maximum absolute atomic E-state index is 12.5. The molecule has 0 aliphatic rings. The normalized spacial score (nSPS) is 13.1. The summed E-state index contributed by atoms with van der Waals surface area (Å²) in [4.78, 5) is 35.0. The minimum Gasteiger partial charge on any atom is -0.370 e. The van der Waals surface area contributed by atoms with Crippen LogP contribution in [0.15, 0.2) is 42.5 Å². The summed E-state index contributed by atoms with van der Waals surface area (Å²) in [6.07, 6.45) is 0.971. The van der Waals surface area contributed by atoms with Gasteiger partial charge in [0, 0.05) is 24.8 Å². The molecule has 2 aromatic carbocycles. The number of amides is 3. The van der Waals surface area contributed by atoms with Crippen LogP contribution in [-0.2, 0) is 20.9 Å². The minimum absolute atomic E-state index is 0.175. The van der Waals surface area contributed by atoms with Gasteiger partial charge in [-0.2, -0.15) is 0 Å². The molecule has 0 radical (unpaired) electrons. The van der Waals surface area contributed by atoms with Gasteiger partial charge in [-0.25, -0.2) is 0 Å². The van der Waals surface area contributed by atoms with Crippen molar-refractivity contribution in [3.05, 3.63) is 48.0 Å². The molecule has 0 aromatic heterocycles. The van der Waals surface area contributed by atoms with E-state index in [9.17, 15) is 14.4 Å². The van der Waals surface area contributed by atoms with Crippen molar-refractivity contribution in [3.63, 3.8) is 0 Å². The van der Waals surface area contributed by atoms with Gasteiger partial charge in [-0.05, 0) is 29.2 Å². The zero-order valence-electron chi connectivity index (χ0n) is 14.9. The van der Waals surface area contributed by atoms with Gasteiger partial charge in [0.15, 0.2) is 0 Å². The van der Waals surface area contributed by atoms with E-state index >= 15 is 0 Å². The molecule has 138 valence electrons. The van der Waals surface area contributed by atoms with Gasteiger partial charge in [0.2, 0.25) is 17.7 Å². The topological polar surface area (TPSA) is 115 Å². The molecule has 2 atom stereocenters. The molecule has 0 heterocycles. The zero-order valence-corrected chi connectivity index (χ0v) is 14.9. The second-order valence-electron chi connectivity index (χ2n) is 6.51. The van der Waals surface area contributed by atoms with Crippen LogP contribution >= 0.6 is 0 Å². The Labute approximate surface area is 152 Å². The molecule has 0 saturated heterocycles. The van der Waals surface area contributed by atoms with E-state index in [0.717, 1.165) is 16.3 Å². The van der Waals surface area contributed by atoms with Crippen LogP contribution in [0.3, 0.4) is 0 Å². The van der Waals surface area contributed by atoms with Gasteiger partial charge in [-0.3, -0.25) is 14.4 Å². The van der Waals surface area contributed by atoms with Gasteiger partial charge in [-0.1, -0.05) is 49.4 Å². The Morgan fingerprint density at radius 3 is 2.42 bits per heavy atom. The number of hydrogen-bond donors (Lipinski definition) is 3. The van der Waals surface area contributed by atoms with Crippen molar-refractivity contribution in [2.45, 2.75) is 32.7 Å². The molecule has 1 unspecified atom stereocenters. The molecular weight excluding hydrogens is 330 g/mol. The van der Waals surface area contributed by atoms with Crippen molar-refractivity contribution >= 4 is 28.5 Å². The van der Waals surface area contributed by atoms with E-state index in [1.807, 2.05) is 42.5 Å². The third-order valence-electron chi connectivity index (χ3n) is 4.65. The number of hydrogen-bond acceptors (Lipinski definition) is 3. The summed E-state index contributed by atoms with van der Waals surface area (Å²) in [5, 5.41) is 5.07. The number of primary amides is 2. The van der Waals surface area contributed by atoms with Crippen molar-refractivity contribution in [2.75, 3.05) is 0 Å². The van der Waals surface area contributed by atoms with E-state index in [-0.39, 0.29) is 12.3 Å². The second-order valence-corrected chi connectivity index (χ2v) is 6.51. The molecule has 2 rings (SSSR count). The van der Waals surface area contributed by atoms with Gasteiger partial charge in [-0.15, -0.1) is 0 Å².